The Balaban J connectivity index is 2.99. The second-order valence-corrected chi connectivity index (χ2v) is 5.60. The van der Waals surface area contributed by atoms with E-state index in [2.05, 4.69) is 53.4 Å². The van der Waals surface area contributed by atoms with Crippen molar-refractivity contribution in [2.24, 2.45) is 5.92 Å². The minimum atomic E-state index is 0.368. The van der Waals surface area contributed by atoms with Crippen molar-refractivity contribution in [3.63, 3.8) is 0 Å². The normalized spacial score (nSPS) is 12.9. The van der Waals surface area contributed by atoms with Crippen LogP contribution in [0.2, 0.25) is 0 Å². The number of aromatic nitrogens is 2. The van der Waals surface area contributed by atoms with Crippen molar-refractivity contribution in [2.75, 3.05) is 38.3 Å². The molecule has 108 valence electrons. The van der Waals surface area contributed by atoms with Gasteiger partial charge in [0.25, 0.3) is 0 Å². The molecule has 1 aromatic heterocycles. The predicted molar refractivity (Wildman–Crippen MR) is 81.9 cm³/mol. The maximum Gasteiger partial charge on any atom is 0.135 e. The smallest absolute Gasteiger partial charge is 0.135 e. The molecule has 5 nitrogen and oxygen atoms in total. The molecule has 0 saturated carbocycles. The van der Waals surface area contributed by atoms with Crippen molar-refractivity contribution >= 4 is 11.6 Å². The lowest BCUT2D eigenvalue weighted by Gasteiger charge is -2.27. The molecule has 0 aliphatic heterocycles. The molecule has 1 aromatic rings. The van der Waals surface area contributed by atoms with Gasteiger partial charge in [0.1, 0.15) is 17.5 Å². The predicted octanol–water partition coefficient (Wildman–Crippen LogP) is 2.13. The van der Waals surface area contributed by atoms with Crippen molar-refractivity contribution in [1.82, 2.24) is 14.9 Å². The standard InChI is InChI=1S/C14H27N5/c1-9(2)12(8-19(6)7)18-14-10(3)13(15-5)16-11(4)17-14/h9,12H,8H2,1-7H3,(H2,15,16,17,18). The van der Waals surface area contributed by atoms with Crippen molar-refractivity contribution in [3.8, 4) is 0 Å². The van der Waals surface area contributed by atoms with Crippen LogP contribution in [0.15, 0.2) is 0 Å². The van der Waals surface area contributed by atoms with Crippen LogP contribution < -0.4 is 10.6 Å². The molecular formula is C14H27N5. The van der Waals surface area contributed by atoms with E-state index in [1.807, 2.05) is 20.9 Å². The lowest BCUT2D eigenvalue weighted by Crippen LogP contribution is -2.37. The highest BCUT2D eigenvalue weighted by molar-refractivity contribution is 5.57. The van der Waals surface area contributed by atoms with Crippen LogP contribution in [-0.4, -0.2) is 48.6 Å². The summed E-state index contributed by atoms with van der Waals surface area (Å²) < 4.78 is 0. The fourth-order valence-electron chi connectivity index (χ4n) is 2.00. The van der Waals surface area contributed by atoms with Gasteiger partial charge in [-0.25, -0.2) is 9.97 Å². The molecule has 2 N–H and O–H groups in total. The van der Waals surface area contributed by atoms with E-state index < -0.39 is 0 Å². The molecule has 0 aliphatic rings. The van der Waals surface area contributed by atoms with Gasteiger partial charge in [-0.1, -0.05) is 13.8 Å². The second kappa shape index (κ2) is 6.70. The average molecular weight is 265 g/mol. The summed E-state index contributed by atoms with van der Waals surface area (Å²) in [5, 5.41) is 6.68. The molecule has 1 heterocycles. The highest BCUT2D eigenvalue weighted by Crippen LogP contribution is 2.21. The Kier molecular flexibility index (Phi) is 5.54. The fraction of sp³-hybridized carbons (Fsp3) is 0.714. The molecule has 0 bridgehead atoms. The molecule has 19 heavy (non-hydrogen) atoms. The van der Waals surface area contributed by atoms with Gasteiger partial charge in [-0.15, -0.1) is 0 Å². The zero-order chi connectivity index (χ0) is 14.6. The number of anilines is 2. The van der Waals surface area contributed by atoms with Gasteiger partial charge in [0.05, 0.1) is 0 Å². The molecule has 0 radical (unpaired) electrons. The third-order valence-corrected chi connectivity index (χ3v) is 3.18. The molecule has 0 spiro atoms. The van der Waals surface area contributed by atoms with E-state index >= 15 is 0 Å². The Labute approximate surface area is 116 Å². The van der Waals surface area contributed by atoms with Gasteiger partial charge in [0.2, 0.25) is 0 Å². The largest absolute Gasteiger partial charge is 0.373 e. The lowest BCUT2D eigenvalue weighted by atomic mass is 10.0. The maximum absolute atomic E-state index is 4.53. The molecule has 0 saturated heterocycles. The topological polar surface area (TPSA) is 53.1 Å². The summed E-state index contributed by atoms with van der Waals surface area (Å²) in [5.74, 6) is 3.14. The highest BCUT2D eigenvalue weighted by atomic mass is 15.1. The summed E-state index contributed by atoms with van der Waals surface area (Å²) in [5.41, 5.74) is 1.07. The maximum atomic E-state index is 4.53. The van der Waals surface area contributed by atoms with Gasteiger partial charge in [-0.2, -0.15) is 0 Å². The van der Waals surface area contributed by atoms with Gasteiger partial charge in [-0.05, 0) is 33.9 Å². The van der Waals surface area contributed by atoms with Crippen LogP contribution in [0.5, 0.6) is 0 Å². The highest BCUT2D eigenvalue weighted by Gasteiger charge is 2.17. The molecule has 1 rings (SSSR count). The molecule has 1 unspecified atom stereocenters. The number of hydrogen-bond donors (Lipinski definition) is 2. The number of likely N-dealkylation sites (N-methyl/N-ethyl adjacent to an activating group) is 1. The zero-order valence-electron chi connectivity index (χ0n) is 13.2. The van der Waals surface area contributed by atoms with Crippen molar-refractivity contribution < 1.29 is 0 Å². The van der Waals surface area contributed by atoms with Crippen LogP contribution in [0.1, 0.15) is 25.2 Å². The number of hydrogen-bond acceptors (Lipinski definition) is 5. The second-order valence-electron chi connectivity index (χ2n) is 5.60. The van der Waals surface area contributed by atoms with E-state index in [1.54, 1.807) is 0 Å². The first-order chi connectivity index (χ1) is 8.85. The minimum Gasteiger partial charge on any atom is -0.373 e. The summed E-state index contributed by atoms with van der Waals surface area (Å²) in [6, 6.07) is 0.368. The average Bonchev–Trinajstić information content (AvgIpc) is 2.31. The summed E-state index contributed by atoms with van der Waals surface area (Å²) >= 11 is 0. The monoisotopic (exact) mass is 265 g/mol. The molecule has 1 atom stereocenters. The van der Waals surface area contributed by atoms with Crippen LogP contribution in [0, 0.1) is 19.8 Å². The van der Waals surface area contributed by atoms with Crippen LogP contribution in [0.25, 0.3) is 0 Å². The van der Waals surface area contributed by atoms with Crippen LogP contribution in [0.3, 0.4) is 0 Å². The number of rotatable bonds is 6. The van der Waals surface area contributed by atoms with Crippen LogP contribution in [-0.2, 0) is 0 Å². The Morgan fingerprint density at radius 2 is 1.68 bits per heavy atom. The Morgan fingerprint density at radius 3 is 2.16 bits per heavy atom. The quantitative estimate of drug-likeness (QED) is 0.825. The van der Waals surface area contributed by atoms with E-state index in [0.717, 1.165) is 29.6 Å². The molecule has 0 aliphatic carbocycles. The van der Waals surface area contributed by atoms with E-state index in [9.17, 15) is 0 Å². The van der Waals surface area contributed by atoms with Crippen molar-refractivity contribution in [3.05, 3.63) is 11.4 Å². The first-order valence-corrected chi connectivity index (χ1v) is 6.79. The summed E-state index contributed by atoms with van der Waals surface area (Å²) in [7, 11) is 6.07. The summed E-state index contributed by atoms with van der Waals surface area (Å²) in [4.78, 5) is 11.1. The zero-order valence-corrected chi connectivity index (χ0v) is 13.2. The first kappa shape index (κ1) is 15.7. The summed E-state index contributed by atoms with van der Waals surface area (Å²) in [6.45, 7) is 9.39. The van der Waals surface area contributed by atoms with Crippen molar-refractivity contribution in [1.29, 1.82) is 0 Å². The Hall–Kier alpha value is -1.36. The lowest BCUT2D eigenvalue weighted by molar-refractivity contribution is 0.344. The van der Waals surface area contributed by atoms with Gasteiger partial charge >= 0.3 is 0 Å². The number of aryl methyl sites for hydroxylation is 1. The molecule has 0 fully saturated rings. The van der Waals surface area contributed by atoms with E-state index in [0.29, 0.717) is 12.0 Å². The summed E-state index contributed by atoms with van der Waals surface area (Å²) in [6.07, 6.45) is 0. The van der Waals surface area contributed by atoms with E-state index in [4.69, 9.17) is 0 Å². The molecule has 5 heteroatoms. The third-order valence-electron chi connectivity index (χ3n) is 3.18. The van der Waals surface area contributed by atoms with Crippen LogP contribution >= 0.6 is 0 Å². The van der Waals surface area contributed by atoms with E-state index in [1.165, 1.54) is 0 Å². The SMILES string of the molecule is CNc1nc(C)nc(NC(CN(C)C)C(C)C)c1C. The Morgan fingerprint density at radius 1 is 1.11 bits per heavy atom. The molecular weight excluding hydrogens is 238 g/mol. The number of nitrogens with zero attached hydrogens (tertiary/aromatic N) is 3. The van der Waals surface area contributed by atoms with Gasteiger partial charge in [0.15, 0.2) is 0 Å². The van der Waals surface area contributed by atoms with Crippen molar-refractivity contribution in [2.45, 2.75) is 33.7 Å². The number of nitrogens with one attached hydrogen (secondary N) is 2. The minimum absolute atomic E-state index is 0.368. The van der Waals surface area contributed by atoms with Gasteiger partial charge in [-0.3, -0.25) is 0 Å². The van der Waals surface area contributed by atoms with Gasteiger partial charge in [0, 0.05) is 25.2 Å². The first-order valence-electron chi connectivity index (χ1n) is 6.79. The molecule has 0 aromatic carbocycles. The fourth-order valence-corrected chi connectivity index (χ4v) is 2.00. The van der Waals surface area contributed by atoms with Crippen LogP contribution in [0.4, 0.5) is 11.6 Å². The van der Waals surface area contributed by atoms with Gasteiger partial charge < -0.3 is 15.5 Å². The molecule has 0 amide bonds. The van der Waals surface area contributed by atoms with E-state index in [-0.39, 0.29) is 0 Å². The Bertz CT molecular complexity index is 415. The third kappa shape index (κ3) is 4.35.